The first-order valence-electron chi connectivity index (χ1n) is 9.34. The topological polar surface area (TPSA) is 63.8 Å². The lowest BCUT2D eigenvalue weighted by Gasteiger charge is -2.11. The van der Waals surface area contributed by atoms with Crippen molar-refractivity contribution in [3.05, 3.63) is 70.2 Å². The maximum absolute atomic E-state index is 12.9. The molecule has 2 aromatic carbocycles. The predicted molar refractivity (Wildman–Crippen MR) is 109 cm³/mol. The van der Waals surface area contributed by atoms with Crippen LogP contribution in [0.3, 0.4) is 0 Å². The highest BCUT2D eigenvalue weighted by Gasteiger charge is 2.18. The standard InChI is InChI=1S/C22H21ClN2O3/c1-14-5-2-3-7-19(14)25-22-18(21(26)24-13-17-6-4-10-27-17)12-15-11-16(23)8-9-20(15)28-22/h2-3,5,7-9,11-12,17H,4,6,10,13H2,1H3,(H,24,26). The van der Waals surface area contributed by atoms with Gasteiger partial charge in [-0.15, -0.1) is 0 Å². The van der Waals surface area contributed by atoms with Crippen LogP contribution in [0, 0.1) is 6.92 Å². The molecule has 0 radical (unpaired) electrons. The van der Waals surface area contributed by atoms with Crippen molar-refractivity contribution in [1.29, 1.82) is 0 Å². The summed E-state index contributed by atoms with van der Waals surface area (Å²) >= 11 is 6.11. The number of hydrogen-bond donors (Lipinski definition) is 1. The summed E-state index contributed by atoms with van der Waals surface area (Å²) in [7, 11) is 0. The van der Waals surface area contributed by atoms with Gasteiger partial charge in [-0.05, 0) is 55.7 Å². The Hall–Kier alpha value is -2.63. The van der Waals surface area contributed by atoms with E-state index >= 15 is 0 Å². The Kier molecular flexibility index (Phi) is 5.46. The molecule has 0 aliphatic carbocycles. The first kappa shape index (κ1) is 18.7. The van der Waals surface area contributed by atoms with E-state index in [0.717, 1.165) is 36.1 Å². The van der Waals surface area contributed by atoms with E-state index in [4.69, 9.17) is 20.8 Å². The molecule has 1 fully saturated rings. The van der Waals surface area contributed by atoms with E-state index in [2.05, 4.69) is 10.3 Å². The van der Waals surface area contributed by atoms with Crippen molar-refractivity contribution in [2.75, 3.05) is 13.2 Å². The molecule has 4 rings (SSSR count). The number of ether oxygens (including phenoxy) is 1. The summed E-state index contributed by atoms with van der Waals surface area (Å²) in [5.41, 5.74) is 3.02. The lowest BCUT2D eigenvalue weighted by Crippen LogP contribution is -2.34. The predicted octanol–water partition coefficient (Wildman–Crippen LogP) is 4.54. The van der Waals surface area contributed by atoms with Crippen molar-refractivity contribution in [2.24, 2.45) is 4.99 Å². The molecule has 1 aliphatic rings. The quantitative estimate of drug-likeness (QED) is 0.704. The van der Waals surface area contributed by atoms with Gasteiger partial charge in [0.15, 0.2) is 0 Å². The maximum Gasteiger partial charge on any atom is 0.256 e. The van der Waals surface area contributed by atoms with Crippen LogP contribution < -0.4 is 10.9 Å². The van der Waals surface area contributed by atoms with Gasteiger partial charge < -0.3 is 14.5 Å². The number of benzene rings is 2. The van der Waals surface area contributed by atoms with Crippen LogP contribution in [-0.4, -0.2) is 25.2 Å². The highest BCUT2D eigenvalue weighted by Crippen LogP contribution is 2.21. The van der Waals surface area contributed by atoms with Gasteiger partial charge in [0, 0.05) is 23.6 Å². The van der Waals surface area contributed by atoms with Crippen LogP contribution in [0.15, 0.2) is 57.9 Å². The average Bonchev–Trinajstić information content (AvgIpc) is 3.21. The van der Waals surface area contributed by atoms with Crippen molar-refractivity contribution in [3.63, 3.8) is 0 Å². The van der Waals surface area contributed by atoms with Gasteiger partial charge in [-0.1, -0.05) is 29.8 Å². The van der Waals surface area contributed by atoms with Gasteiger partial charge in [-0.3, -0.25) is 4.79 Å². The smallest absolute Gasteiger partial charge is 0.256 e. The monoisotopic (exact) mass is 396 g/mol. The highest BCUT2D eigenvalue weighted by molar-refractivity contribution is 6.31. The minimum Gasteiger partial charge on any atom is -0.438 e. The van der Waals surface area contributed by atoms with Crippen molar-refractivity contribution >= 4 is 34.2 Å². The molecule has 2 heterocycles. The Morgan fingerprint density at radius 3 is 2.89 bits per heavy atom. The summed E-state index contributed by atoms with van der Waals surface area (Å²) in [4.78, 5) is 17.5. The number of fused-ring (bicyclic) bond motifs is 1. The van der Waals surface area contributed by atoms with Gasteiger partial charge in [-0.2, -0.15) is 0 Å². The molecule has 1 saturated heterocycles. The number of hydrogen-bond acceptors (Lipinski definition) is 4. The van der Waals surface area contributed by atoms with Gasteiger partial charge in [0.2, 0.25) is 5.55 Å². The van der Waals surface area contributed by atoms with E-state index in [1.54, 1.807) is 24.3 Å². The van der Waals surface area contributed by atoms with E-state index < -0.39 is 0 Å². The highest BCUT2D eigenvalue weighted by atomic mass is 35.5. The fraction of sp³-hybridized carbons (Fsp3) is 0.273. The van der Waals surface area contributed by atoms with Gasteiger partial charge in [0.1, 0.15) is 11.1 Å². The molecule has 1 amide bonds. The number of nitrogens with zero attached hydrogens (tertiary/aromatic N) is 1. The summed E-state index contributed by atoms with van der Waals surface area (Å²) in [5, 5.41) is 4.27. The van der Waals surface area contributed by atoms with E-state index in [9.17, 15) is 4.79 Å². The average molecular weight is 397 g/mol. The maximum atomic E-state index is 12.9. The van der Waals surface area contributed by atoms with Crippen LogP contribution in [-0.2, 0) is 4.74 Å². The van der Waals surface area contributed by atoms with Crippen LogP contribution in [0.4, 0.5) is 5.69 Å². The van der Waals surface area contributed by atoms with Crippen molar-refractivity contribution in [1.82, 2.24) is 5.32 Å². The number of nitrogens with one attached hydrogen (secondary N) is 1. The van der Waals surface area contributed by atoms with Gasteiger partial charge >= 0.3 is 0 Å². The normalized spacial score (nSPS) is 17.2. The van der Waals surface area contributed by atoms with E-state index in [0.29, 0.717) is 22.7 Å². The molecular weight excluding hydrogens is 376 g/mol. The first-order valence-corrected chi connectivity index (χ1v) is 9.71. The zero-order valence-corrected chi connectivity index (χ0v) is 16.3. The number of carbonyl (C=O) groups excluding carboxylic acids is 1. The van der Waals surface area contributed by atoms with Crippen LogP contribution in [0.25, 0.3) is 11.0 Å². The van der Waals surface area contributed by atoms with Crippen molar-refractivity contribution < 1.29 is 13.9 Å². The zero-order valence-electron chi connectivity index (χ0n) is 15.6. The Labute approximate surface area is 168 Å². The van der Waals surface area contributed by atoms with Crippen LogP contribution in [0.2, 0.25) is 5.02 Å². The van der Waals surface area contributed by atoms with Crippen molar-refractivity contribution in [3.8, 4) is 0 Å². The lowest BCUT2D eigenvalue weighted by atomic mass is 10.1. The number of rotatable bonds is 4. The molecule has 144 valence electrons. The molecule has 1 aliphatic heterocycles. The third-order valence-corrected chi connectivity index (χ3v) is 5.04. The van der Waals surface area contributed by atoms with Gasteiger partial charge in [0.25, 0.3) is 5.91 Å². The molecular formula is C22H21ClN2O3. The molecule has 28 heavy (non-hydrogen) atoms. The van der Waals surface area contributed by atoms with E-state index in [1.165, 1.54) is 0 Å². The Balaban J connectivity index is 1.77. The number of para-hydroxylation sites is 1. The van der Waals surface area contributed by atoms with Crippen molar-refractivity contribution in [2.45, 2.75) is 25.9 Å². The molecule has 0 saturated carbocycles. The molecule has 5 nitrogen and oxygen atoms in total. The minimum atomic E-state index is -0.242. The van der Waals surface area contributed by atoms with Crippen LogP contribution in [0.5, 0.6) is 0 Å². The summed E-state index contributed by atoms with van der Waals surface area (Å²) in [6.45, 7) is 3.19. The molecule has 1 unspecified atom stereocenters. The second kappa shape index (κ2) is 8.17. The number of carbonyl (C=O) groups is 1. The Bertz CT molecular complexity index is 1080. The fourth-order valence-corrected chi connectivity index (χ4v) is 3.43. The Morgan fingerprint density at radius 1 is 1.25 bits per heavy atom. The fourth-order valence-electron chi connectivity index (χ4n) is 3.25. The lowest BCUT2D eigenvalue weighted by molar-refractivity contribution is 0.0854. The second-order valence-corrected chi connectivity index (χ2v) is 7.33. The molecule has 1 aromatic heterocycles. The van der Waals surface area contributed by atoms with Crippen LogP contribution in [0.1, 0.15) is 28.8 Å². The summed E-state index contributed by atoms with van der Waals surface area (Å²) in [6.07, 6.45) is 2.05. The number of aryl methyl sites for hydroxylation is 1. The second-order valence-electron chi connectivity index (χ2n) is 6.89. The molecule has 1 atom stereocenters. The molecule has 6 heteroatoms. The summed E-state index contributed by atoms with van der Waals surface area (Å²) < 4.78 is 11.6. The number of halogens is 1. The third kappa shape index (κ3) is 4.11. The minimum absolute atomic E-state index is 0.0625. The molecule has 0 spiro atoms. The summed E-state index contributed by atoms with van der Waals surface area (Å²) in [6, 6.07) is 14.8. The molecule has 0 bridgehead atoms. The molecule has 3 aromatic rings. The van der Waals surface area contributed by atoms with E-state index in [-0.39, 0.29) is 17.6 Å². The summed E-state index contributed by atoms with van der Waals surface area (Å²) in [5.74, 6) is -0.242. The van der Waals surface area contributed by atoms with Gasteiger partial charge in [-0.25, -0.2) is 4.99 Å². The Morgan fingerprint density at radius 2 is 2.11 bits per heavy atom. The SMILES string of the molecule is Cc1ccccc1N=c1oc2ccc(Cl)cc2cc1C(=O)NCC1CCCO1. The largest absolute Gasteiger partial charge is 0.438 e. The third-order valence-electron chi connectivity index (χ3n) is 4.81. The van der Waals surface area contributed by atoms with Crippen LogP contribution >= 0.6 is 11.6 Å². The number of amides is 1. The zero-order chi connectivity index (χ0) is 19.5. The van der Waals surface area contributed by atoms with E-state index in [1.807, 2.05) is 31.2 Å². The molecule has 1 N–H and O–H groups in total. The first-order chi connectivity index (χ1) is 13.6. The van der Waals surface area contributed by atoms with Gasteiger partial charge in [0.05, 0.1) is 11.8 Å².